The van der Waals surface area contributed by atoms with Crippen molar-refractivity contribution in [1.82, 2.24) is 9.78 Å². The highest BCUT2D eigenvalue weighted by molar-refractivity contribution is 5.97. The zero-order valence-electron chi connectivity index (χ0n) is 11.4. The van der Waals surface area contributed by atoms with Gasteiger partial charge in [0.2, 0.25) is 0 Å². The first kappa shape index (κ1) is 12.7. The van der Waals surface area contributed by atoms with E-state index in [9.17, 15) is 4.79 Å². The molecular formula is C14H15N5O. The molecule has 6 nitrogen and oxygen atoms in total. The van der Waals surface area contributed by atoms with Gasteiger partial charge in [0.05, 0.1) is 6.20 Å². The maximum absolute atomic E-state index is 11.7. The molecule has 2 aromatic rings. The summed E-state index contributed by atoms with van der Waals surface area (Å²) in [6.45, 7) is 2.34. The second-order valence-corrected chi connectivity index (χ2v) is 4.84. The maximum atomic E-state index is 11.7. The third-order valence-corrected chi connectivity index (χ3v) is 3.70. The number of nitrogens with zero attached hydrogens (tertiary/aromatic N) is 4. The lowest BCUT2D eigenvalue weighted by molar-refractivity contribution is 0.0985. The van der Waals surface area contributed by atoms with Crippen molar-refractivity contribution in [1.29, 1.82) is 0 Å². The quantitative estimate of drug-likeness (QED) is 0.904. The Labute approximate surface area is 116 Å². The van der Waals surface area contributed by atoms with Crippen molar-refractivity contribution in [3.8, 4) is 11.1 Å². The normalized spacial score (nSPS) is 17.4. The summed E-state index contributed by atoms with van der Waals surface area (Å²) < 4.78 is 1.82. The Morgan fingerprint density at radius 2 is 2.15 bits per heavy atom. The van der Waals surface area contributed by atoms with Gasteiger partial charge < -0.3 is 5.73 Å². The SMILES string of the molecule is Cc1c(-c2ccc3c(c2)C(CN)N=NC3=O)cnn1C. The molecule has 102 valence electrons. The zero-order valence-corrected chi connectivity index (χ0v) is 11.4. The predicted molar refractivity (Wildman–Crippen MR) is 74.4 cm³/mol. The van der Waals surface area contributed by atoms with Gasteiger partial charge in [-0.2, -0.15) is 10.2 Å². The molecule has 0 fully saturated rings. The summed E-state index contributed by atoms with van der Waals surface area (Å²) in [6.07, 6.45) is 1.82. The first-order chi connectivity index (χ1) is 9.61. The van der Waals surface area contributed by atoms with Crippen LogP contribution in [-0.4, -0.2) is 22.2 Å². The molecule has 1 atom stereocenters. The molecule has 1 aromatic heterocycles. The van der Waals surface area contributed by atoms with Gasteiger partial charge in [0, 0.05) is 30.4 Å². The Morgan fingerprint density at radius 1 is 1.35 bits per heavy atom. The fourth-order valence-corrected chi connectivity index (χ4v) is 2.40. The Kier molecular flexibility index (Phi) is 2.94. The lowest BCUT2D eigenvalue weighted by atomic mass is 9.94. The molecule has 20 heavy (non-hydrogen) atoms. The van der Waals surface area contributed by atoms with E-state index < -0.39 is 0 Å². The number of rotatable bonds is 2. The summed E-state index contributed by atoms with van der Waals surface area (Å²) >= 11 is 0. The Bertz CT molecular complexity index is 716. The average molecular weight is 269 g/mol. The van der Waals surface area contributed by atoms with Crippen LogP contribution >= 0.6 is 0 Å². The molecule has 0 bridgehead atoms. The summed E-state index contributed by atoms with van der Waals surface area (Å²) in [7, 11) is 1.90. The van der Waals surface area contributed by atoms with Crippen LogP contribution < -0.4 is 5.73 Å². The van der Waals surface area contributed by atoms with Crippen molar-refractivity contribution in [2.45, 2.75) is 13.0 Å². The Morgan fingerprint density at radius 3 is 2.80 bits per heavy atom. The molecule has 0 saturated heterocycles. The molecule has 0 spiro atoms. The average Bonchev–Trinajstić information content (AvgIpc) is 2.79. The van der Waals surface area contributed by atoms with Crippen LogP contribution in [0.2, 0.25) is 0 Å². The van der Waals surface area contributed by atoms with Crippen LogP contribution in [0.1, 0.15) is 27.7 Å². The number of hydrogen-bond donors (Lipinski definition) is 1. The van der Waals surface area contributed by atoms with E-state index >= 15 is 0 Å². The van der Waals surface area contributed by atoms with E-state index in [2.05, 4.69) is 15.3 Å². The molecule has 1 aromatic carbocycles. The zero-order chi connectivity index (χ0) is 14.3. The molecule has 2 heterocycles. The molecule has 3 rings (SSSR count). The van der Waals surface area contributed by atoms with Crippen LogP contribution in [0, 0.1) is 6.92 Å². The van der Waals surface area contributed by atoms with Gasteiger partial charge in [-0.15, -0.1) is 5.11 Å². The van der Waals surface area contributed by atoms with Crippen molar-refractivity contribution in [3.63, 3.8) is 0 Å². The highest BCUT2D eigenvalue weighted by Gasteiger charge is 2.23. The van der Waals surface area contributed by atoms with Gasteiger partial charge >= 0.3 is 0 Å². The monoisotopic (exact) mass is 269 g/mol. The molecule has 0 aliphatic carbocycles. The van der Waals surface area contributed by atoms with Gasteiger partial charge in [-0.25, -0.2) is 0 Å². The Balaban J connectivity index is 2.14. The maximum Gasteiger partial charge on any atom is 0.295 e. The molecule has 0 saturated carbocycles. The van der Waals surface area contributed by atoms with Gasteiger partial charge in [-0.1, -0.05) is 6.07 Å². The lowest BCUT2D eigenvalue weighted by Crippen LogP contribution is -2.17. The van der Waals surface area contributed by atoms with E-state index in [4.69, 9.17) is 5.73 Å². The molecule has 1 unspecified atom stereocenters. The summed E-state index contributed by atoms with van der Waals surface area (Å²) in [6, 6.07) is 5.42. The van der Waals surface area contributed by atoms with E-state index in [1.165, 1.54) is 0 Å². The molecule has 1 aliphatic rings. The highest BCUT2D eigenvalue weighted by Crippen LogP contribution is 2.32. The van der Waals surface area contributed by atoms with Crippen LogP contribution in [0.3, 0.4) is 0 Å². The third-order valence-electron chi connectivity index (χ3n) is 3.70. The van der Waals surface area contributed by atoms with Gasteiger partial charge in [-0.05, 0) is 30.2 Å². The minimum Gasteiger partial charge on any atom is -0.328 e. The van der Waals surface area contributed by atoms with Gasteiger partial charge in [-0.3, -0.25) is 9.48 Å². The number of carbonyl (C=O) groups is 1. The smallest absolute Gasteiger partial charge is 0.295 e. The van der Waals surface area contributed by atoms with Gasteiger partial charge in [0.15, 0.2) is 0 Å². The van der Waals surface area contributed by atoms with Crippen LogP contribution in [-0.2, 0) is 7.05 Å². The van der Waals surface area contributed by atoms with Gasteiger partial charge in [0.1, 0.15) is 6.04 Å². The largest absolute Gasteiger partial charge is 0.328 e. The molecular weight excluding hydrogens is 254 g/mol. The number of aromatic nitrogens is 2. The lowest BCUT2D eigenvalue weighted by Gasteiger charge is -2.17. The van der Waals surface area contributed by atoms with Crippen molar-refractivity contribution < 1.29 is 4.79 Å². The summed E-state index contributed by atoms with van der Waals surface area (Å²) in [5.41, 5.74) is 10.3. The van der Waals surface area contributed by atoms with Crippen molar-refractivity contribution in [2.24, 2.45) is 23.0 Å². The Hall–Kier alpha value is -2.34. The topological polar surface area (TPSA) is 85.6 Å². The molecule has 2 N–H and O–H groups in total. The number of benzene rings is 1. The highest BCUT2D eigenvalue weighted by atomic mass is 16.1. The number of carbonyl (C=O) groups excluding carboxylic acids is 1. The second-order valence-electron chi connectivity index (χ2n) is 4.84. The van der Waals surface area contributed by atoms with Gasteiger partial charge in [0.25, 0.3) is 5.91 Å². The van der Waals surface area contributed by atoms with Crippen LogP contribution in [0.25, 0.3) is 11.1 Å². The standard InChI is InChI=1S/C14H15N5O/c1-8-12(7-16-19(8)2)9-3-4-10-11(5-9)13(6-15)17-18-14(10)20/h3-5,7,13H,6,15H2,1-2H3. The number of amides is 1. The first-order valence-electron chi connectivity index (χ1n) is 6.40. The molecule has 1 amide bonds. The fraction of sp³-hybridized carbons (Fsp3) is 0.286. The number of aryl methyl sites for hydroxylation is 1. The van der Waals surface area contributed by atoms with E-state index in [0.29, 0.717) is 12.1 Å². The summed E-state index contributed by atoms with van der Waals surface area (Å²) in [5, 5.41) is 11.8. The second kappa shape index (κ2) is 4.64. The minimum atomic E-state index is -0.306. The number of nitrogens with two attached hydrogens (primary N) is 1. The van der Waals surface area contributed by atoms with Crippen molar-refractivity contribution in [3.05, 3.63) is 41.2 Å². The minimum absolute atomic E-state index is 0.250. The van der Waals surface area contributed by atoms with Crippen molar-refractivity contribution >= 4 is 5.91 Å². The molecule has 0 radical (unpaired) electrons. The molecule has 6 heteroatoms. The van der Waals surface area contributed by atoms with Crippen LogP contribution in [0.5, 0.6) is 0 Å². The molecule has 1 aliphatic heterocycles. The van der Waals surface area contributed by atoms with E-state index in [0.717, 1.165) is 22.4 Å². The van der Waals surface area contributed by atoms with Crippen molar-refractivity contribution in [2.75, 3.05) is 6.54 Å². The summed E-state index contributed by atoms with van der Waals surface area (Å²) in [5.74, 6) is -0.306. The number of azo groups is 1. The third kappa shape index (κ3) is 1.85. The van der Waals surface area contributed by atoms with E-state index in [1.54, 1.807) is 6.07 Å². The van der Waals surface area contributed by atoms with Crippen LogP contribution in [0.4, 0.5) is 0 Å². The number of hydrogen-bond acceptors (Lipinski definition) is 4. The van der Waals surface area contributed by atoms with E-state index in [1.807, 2.05) is 37.0 Å². The summed E-state index contributed by atoms with van der Waals surface area (Å²) in [4.78, 5) is 11.7. The van der Waals surface area contributed by atoms with E-state index in [-0.39, 0.29) is 11.9 Å². The predicted octanol–water partition coefficient (Wildman–Crippen LogP) is 2.00. The number of fused-ring (bicyclic) bond motifs is 1. The van der Waals surface area contributed by atoms with Crippen LogP contribution in [0.15, 0.2) is 34.6 Å². The fourth-order valence-electron chi connectivity index (χ4n) is 2.40. The first-order valence-corrected chi connectivity index (χ1v) is 6.40.